The van der Waals surface area contributed by atoms with Crippen LogP contribution in [0.3, 0.4) is 0 Å². The van der Waals surface area contributed by atoms with Crippen molar-refractivity contribution in [2.45, 2.75) is 19.4 Å². The highest BCUT2D eigenvalue weighted by Crippen LogP contribution is 2.14. The zero-order chi connectivity index (χ0) is 15.2. The second-order valence-corrected chi connectivity index (χ2v) is 4.97. The third-order valence-electron chi connectivity index (χ3n) is 3.27. The number of halogens is 1. The fourth-order valence-corrected chi connectivity index (χ4v) is 2.04. The van der Waals surface area contributed by atoms with Crippen molar-refractivity contribution < 1.29 is 18.7 Å². The second-order valence-electron chi connectivity index (χ2n) is 4.97. The van der Waals surface area contributed by atoms with Crippen molar-refractivity contribution in [1.29, 1.82) is 0 Å². The van der Waals surface area contributed by atoms with Gasteiger partial charge >= 0.3 is 0 Å². The van der Waals surface area contributed by atoms with Crippen molar-refractivity contribution in [3.63, 3.8) is 0 Å². The molecule has 2 N–H and O–H groups in total. The maximum Gasteiger partial charge on any atom is 0.223 e. The van der Waals surface area contributed by atoms with Gasteiger partial charge in [-0.25, -0.2) is 4.39 Å². The van der Waals surface area contributed by atoms with Crippen molar-refractivity contribution in [2.24, 2.45) is 5.92 Å². The minimum absolute atomic E-state index is 0.0635. The standard InChI is InChI=1S/C16H18FNO3/c1-11(9-12-5-2-3-6-13(12)17)16(20)18-10-14(19)15-7-4-8-21-15/h2-8,11,14,19H,9-10H2,1H3,(H,18,20). The number of benzene rings is 1. The van der Waals surface area contributed by atoms with E-state index in [1.54, 1.807) is 37.3 Å². The number of carbonyl (C=O) groups is 1. The number of hydrogen-bond acceptors (Lipinski definition) is 3. The van der Waals surface area contributed by atoms with E-state index in [0.717, 1.165) is 0 Å². The Morgan fingerprint density at radius 3 is 2.76 bits per heavy atom. The molecule has 5 heteroatoms. The van der Waals surface area contributed by atoms with Gasteiger partial charge in [0.15, 0.2) is 0 Å². The summed E-state index contributed by atoms with van der Waals surface area (Å²) in [6.45, 7) is 1.79. The lowest BCUT2D eigenvalue weighted by molar-refractivity contribution is -0.125. The average Bonchev–Trinajstić information content (AvgIpc) is 3.01. The third kappa shape index (κ3) is 4.16. The van der Waals surface area contributed by atoms with Crippen LogP contribution in [0, 0.1) is 11.7 Å². The summed E-state index contributed by atoms with van der Waals surface area (Å²) < 4.78 is 18.6. The van der Waals surface area contributed by atoms with Gasteiger partial charge in [-0.2, -0.15) is 0 Å². The molecule has 21 heavy (non-hydrogen) atoms. The summed E-state index contributed by atoms with van der Waals surface area (Å²) in [5.74, 6) is -0.528. The molecule has 0 aliphatic heterocycles. The van der Waals surface area contributed by atoms with Crippen LogP contribution in [0.2, 0.25) is 0 Å². The summed E-state index contributed by atoms with van der Waals surface area (Å²) in [6.07, 6.45) is 0.890. The molecule has 0 spiro atoms. The quantitative estimate of drug-likeness (QED) is 0.859. The lowest BCUT2D eigenvalue weighted by atomic mass is 10.00. The van der Waals surface area contributed by atoms with Gasteiger partial charge in [0.1, 0.15) is 17.7 Å². The van der Waals surface area contributed by atoms with Crippen LogP contribution in [0.1, 0.15) is 24.4 Å². The smallest absolute Gasteiger partial charge is 0.223 e. The molecule has 2 aromatic rings. The summed E-state index contributed by atoms with van der Waals surface area (Å²) in [5, 5.41) is 12.4. The van der Waals surface area contributed by atoms with Gasteiger partial charge < -0.3 is 14.8 Å². The van der Waals surface area contributed by atoms with Gasteiger partial charge in [0.25, 0.3) is 0 Å². The molecule has 2 unspecified atom stereocenters. The molecule has 112 valence electrons. The molecule has 0 bridgehead atoms. The van der Waals surface area contributed by atoms with Crippen LogP contribution in [0.5, 0.6) is 0 Å². The molecule has 1 heterocycles. The summed E-state index contributed by atoms with van der Waals surface area (Å²) in [6, 6.07) is 9.70. The summed E-state index contributed by atoms with van der Waals surface area (Å²) in [4.78, 5) is 12.0. The van der Waals surface area contributed by atoms with Gasteiger partial charge in [-0.05, 0) is 30.2 Å². The fraction of sp³-hybridized carbons (Fsp3) is 0.312. The van der Waals surface area contributed by atoms with Crippen LogP contribution in [-0.4, -0.2) is 17.6 Å². The number of aliphatic hydroxyl groups is 1. The maximum atomic E-state index is 13.5. The molecule has 4 nitrogen and oxygen atoms in total. The second kappa shape index (κ2) is 7.04. The number of aliphatic hydroxyl groups excluding tert-OH is 1. The van der Waals surface area contributed by atoms with E-state index in [4.69, 9.17) is 4.42 Å². The minimum Gasteiger partial charge on any atom is -0.467 e. The lowest BCUT2D eigenvalue weighted by Gasteiger charge is -2.14. The Morgan fingerprint density at radius 1 is 1.33 bits per heavy atom. The van der Waals surface area contributed by atoms with E-state index >= 15 is 0 Å². The molecule has 0 saturated heterocycles. The van der Waals surface area contributed by atoms with Gasteiger partial charge in [0.05, 0.1) is 12.8 Å². The first-order chi connectivity index (χ1) is 10.1. The predicted molar refractivity (Wildman–Crippen MR) is 75.9 cm³/mol. The molecule has 0 aliphatic rings. The molecular weight excluding hydrogens is 273 g/mol. The summed E-state index contributed by atoms with van der Waals surface area (Å²) >= 11 is 0. The van der Waals surface area contributed by atoms with Gasteiger partial charge in [0, 0.05) is 5.92 Å². The Labute approximate surface area is 122 Å². The summed E-state index contributed by atoms with van der Waals surface area (Å²) in [5.41, 5.74) is 0.506. The van der Waals surface area contributed by atoms with Gasteiger partial charge in [-0.1, -0.05) is 25.1 Å². The molecule has 0 saturated carbocycles. The molecule has 0 fully saturated rings. The Morgan fingerprint density at radius 2 is 2.10 bits per heavy atom. The Hall–Kier alpha value is -2.14. The number of rotatable bonds is 6. The molecule has 0 radical (unpaired) electrons. The van der Waals surface area contributed by atoms with Crippen molar-refractivity contribution in [3.05, 3.63) is 59.8 Å². The predicted octanol–water partition coefficient (Wildman–Crippen LogP) is 2.45. The van der Waals surface area contributed by atoms with Crippen LogP contribution < -0.4 is 5.32 Å². The Balaban J connectivity index is 1.84. The van der Waals surface area contributed by atoms with E-state index in [1.165, 1.54) is 12.3 Å². The number of nitrogens with one attached hydrogen (secondary N) is 1. The van der Waals surface area contributed by atoms with E-state index in [0.29, 0.717) is 17.7 Å². The number of hydrogen-bond donors (Lipinski definition) is 2. The van der Waals surface area contributed by atoms with Crippen molar-refractivity contribution in [1.82, 2.24) is 5.32 Å². The highest BCUT2D eigenvalue weighted by atomic mass is 19.1. The maximum absolute atomic E-state index is 13.5. The van der Waals surface area contributed by atoms with Crippen molar-refractivity contribution in [2.75, 3.05) is 6.54 Å². The molecule has 1 amide bonds. The van der Waals surface area contributed by atoms with Gasteiger partial charge in [0.2, 0.25) is 5.91 Å². The number of amides is 1. The molecular formula is C16H18FNO3. The molecule has 2 atom stereocenters. The topological polar surface area (TPSA) is 62.5 Å². The zero-order valence-corrected chi connectivity index (χ0v) is 11.8. The van der Waals surface area contributed by atoms with Gasteiger partial charge in [-0.3, -0.25) is 4.79 Å². The SMILES string of the molecule is CC(Cc1ccccc1F)C(=O)NCC(O)c1ccco1. The third-order valence-corrected chi connectivity index (χ3v) is 3.27. The zero-order valence-electron chi connectivity index (χ0n) is 11.8. The highest BCUT2D eigenvalue weighted by Gasteiger charge is 2.17. The first kappa shape index (κ1) is 15.3. The Bertz CT molecular complexity index is 583. The first-order valence-corrected chi connectivity index (χ1v) is 6.80. The van der Waals surface area contributed by atoms with Crippen LogP contribution in [0.25, 0.3) is 0 Å². The number of carbonyl (C=O) groups excluding carboxylic acids is 1. The van der Waals surface area contributed by atoms with E-state index in [9.17, 15) is 14.3 Å². The van der Waals surface area contributed by atoms with Crippen LogP contribution in [-0.2, 0) is 11.2 Å². The molecule has 1 aromatic heterocycles. The average molecular weight is 291 g/mol. The van der Waals surface area contributed by atoms with Crippen LogP contribution >= 0.6 is 0 Å². The minimum atomic E-state index is -0.885. The lowest BCUT2D eigenvalue weighted by Crippen LogP contribution is -2.33. The summed E-state index contributed by atoms with van der Waals surface area (Å²) in [7, 11) is 0. The monoisotopic (exact) mass is 291 g/mol. The number of furan rings is 1. The van der Waals surface area contributed by atoms with E-state index in [-0.39, 0.29) is 24.2 Å². The normalized spacial score (nSPS) is 13.7. The van der Waals surface area contributed by atoms with Crippen LogP contribution in [0.15, 0.2) is 47.1 Å². The molecule has 2 rings (SSSR count). The van der Waals surface area contributed by atoms with Crippen molar-refractivity contribution >= 4 is 5.91 Å². The largest absolute Gasteiger partial charge is 0.467 e. The Kier molecular flexibility index (Phi) is 5.11. The molecule has 1 aromatic carbocycles. The fourth-order valence-electron chi connectivity index (χ4n) is 2.04. The first-order valence-electron chi connectivity index (χ1n) is 6.80. The van der Waals surface area contributed by atoms with E-state index < -0.39 is 6.10 Å². The van der Waals surface area contributed by atoms with Gasteiger partial charge in [-0.15, -0.1) is 0 Å². The van der Waals surface area contributed by atoms with E-state index in [1.807, 2.05) is 0 Å². The van der Waals surface area contributed by atoms with Crippen LogP contribution in [0.4, 0.5) is 4.39 Å². The van der Waals surface area contributed by atoms with E-state index in [2.05, 4.69) is 5.32 Å². The highest BCUT2D eigenvalue weighted by molar-refractivity contribution is 5.78. The van der Waals surface area contributed by atoms with Crippen molar-refractivity contribution in [3.8, 4) is 0 Å². The molecule has 0 aliphatic carbocycles.